The van der Waals surface area contributed by atoms with Crippen LogP contribution in [-0.4, -0.2) is 47.3 Å². The van der Waals surface area contributed by atoms with Crippen LogP contribution in [0, 0.1) is 0 Å². The van der Waals surface area contributed by atoms with E-state index in [1.807, 2.05) is 35.2 Å². The Morgan fingerprint density at radius 3 is 2.52 bits per heavy atom. The smallest absolute Gasteiger partial charge is 0.253 e. The van der Waals surface area contributed by atoms with E-state index in [-0.39, 0.29) is 11.8 Å². The molecule has 0 aliphatic carbocycles. The Balaban J connectivity index is 1.24. The minimum atomic E-state index is 0.0101. The van der Waals surface area contributed by atoms with E-state index >= 15 is 0 Å². The number of piperidine rings is 1. The highest BCUT2D eigenvalue weighted by Crippen LogP contribution is 2.33. The molecule has 2 aromatic carbocycles. The lowest BCUT2D eigenvalue weighted by Gasteiger charge is -2.30. The van der Waals surface area contributed by atoms with E-state index in [9.17, 15) is 4.79 Å². The average Bonchev–Trinajstić information content (AvgIpc) is 3.29. The van der Waals surface area contributed by atoms with E-state index in [0.717, 1.165) is 18.4 Å². The van der Waals surface area contributed by atoms with E-state index in [1.165, 1.54) is 0 Å². The molecule has 1 aromatic heterocycles. The highest BCUT2D eigenvalue weighted by atomic mass is 16.6. The molecule has 1 fully saturated rings. The maximum atomic E-state index is 12.9. The van der Waals surface area contributed by atoms with Crippen molar-refractivity contribution in [3.63, 3.8) is 0 Å². The summed E-state index contributed by atoms with van der Waals surface area (Å²) in [5, 5.41) is 4.11. The second kappa shape index (κ2) is 7.58. The number of hydrogen-bond donors (Lipinski definition) is 0. The maximum Gasteiger partial charge on any atom is 0.253 e. The van der Waals surface area contributed by atoms with Crippen molar-refractivity contribution in [3.8, 4) is 22.9 Å². The third-order valence-corrected chi connectivity index (χ3v) is 5.39. The predicted octanol–water partition coefficient (Wildman–Crippen LogP) is 3.53. The zero-order valence-corrected chi connectivity index (χ0v) is 15.9. The Bertz CT molecular complexity index is 1010. The standard InChI is InChI=1S/C22H21N3O4/c26-22(17-6-7-18-19(14-17)28-13-12-27-18)25-10-8-16(9-11-25)21-23-20(24-29-21)15-4-2-1-3-5-15/h1-7,14,16H,8-13H2. The van der Waals surface area contributed by atoms with E-state index in [1.54, 1.807) is 18.2 Å². The Morgan fingerprint density at radius 2 is 1.72 bits per heavy atom. The Kier molecular flexibility index (Phi) is 4.63. The number of aromatic nitrogens is 2. The van der Waals surface area contributed by atoms with Gasteiger partial charge in [-0.2, -0.15) is 4.98 Å². The Labute approximate surface area is 168 Å². The largest absolute Gasteiger partial charge is 0.486 e. The first-order valence-electron chi connectivity index (χ1n) is 9.86. The SMILES string of the molecule is O=C(c1ccc2c(c1)OCCO2)N1CCC(c2nc(-c3ccccc3)no2)CC1. The number of ether oxygens (including phenoxy) is 2. The molecule has 0 atom stereocenters. The van der Waals surface area contributed by atoms with Crippen molar-refractivity contribution < 1.29 is 18.8 Å². The van der Waals surface area contributed by atoms with Crippen LogP contribution in [0.4, 0.5) is 0 Å². The van der Waals surface area contributed by atoms with E-state index < -0.39 is 0 Å². The van der Waals surface area contributed by atoms with Crippen molar-refractivity contribution in [2.24, 2.45) is 0 Å². The molecule has 148 valence electrons. The van der Waals surface area contributed by atoms with Crippen LogP contribution in [0.25, 0.3) is 11.4 Å². The fourth-order valence-corrected chi connectivity index (χ4v) is 3.79. The number of fused-ring (bicyclic) bond motifs is 1. The zero-order valence-electron chi connectivity index (χ0n) is 15.9. The summed E-state index contributed by atoms with van der Waals surface area (Å²) in [6.45, 7) is 2.35. The zero-order chi connectivity index (χ0) is 19.6. The van der Waals surface area contributed by atoms with Gasteiger partial charge in [0, 0.05) is 30.1 Å². The second-order valence-electron chi connectivity index (χ2n) is 7.25. The molecule has 5 rings (SSSR count). The number of carbonyl (C=O) groups is 1. The minimum Gasteiger partial charge on any atom is -0.486 e. The highest BCUT2D eigenvalue weighted by molar-refractivity contribution is 5.95. The van der Waals surface area contributed by atoms with Gasteiger partial charge in [0.2, 0.25) is 11.7 Å². The van der Waals surface area contributed by atoms with Crippen LogP contribution >= 0.6 is 0 Å². The van der Waals surface area contributed by atoms with Crippen molar-refractivity contribution in [2.75, 3.05) is 26.3 Å². The number of amides is 1. The fourth-order valence-electron chi connectivity index (χ4n) is 3.79. The van der Waals surface area contributed by atoms with Crippen LogP contribution in [0.1, 0.15) is 35.0 Å². The normalized spacial score (nSPS) is 16.6. The maximum absolute atomic E-state index is 12.9. The van der Waals surface area contributed by atoms with Gasteiger partial charge in [-0.05, 0) is 31.0 Å². The average molecular weight is 391 g/mol. The summed E-state index contributed by atoms with van der Waals surface area (Å²) < 4.78 is 16.6. The number of likely N-dealkylation sites (tertiary alicyclic amines) is 1. The number of hydrogen-bond acceptors (Lipinski definition) is 6. The molecule has 0 radical (unpaired) electrons. The van der Waals surface area contributed by atoms with E-state index in [4.69, 9.17) is 14.0 Å². The summed E-state index contributed by atoms with van der Waals surface area (Å²) in [5.74, 6) is 2.76. The molecular weight excluding hydrogens is 370 g/mol. The predicted molar refractivity (Wildman–Crippen MR) is 105 cm³/mol. The van der Waals surface area contributed by atoms with Crippen molar-refractivity contribution in [2.45, 2.75) is 18.8 Å². The molecule has 29 heavy (non-hydrogen) atoms. The summed E-state index contributed by atoms with van der Waals surface area (Å²) in [6, 6.07) is 15.2. The number of rotatable bonds is 3. The molecule has 1 amide bonds. The molecule has 0 N–H and O–H groups in total. The Hall–Kier alpha value is -3.35. The van der Waals surface area contributed by atoms with Gasteiger partial charge in [0.25, 0.3) is 5.91 Å². The topological polar surface area (TPSA) is 77.7 Å². The van der Waals surface area contributed by atoms with Crippen molar-refractivity contribution in [1.82, 2.24) is 15.0 Å². The summed E-state index contributed by atoms with van der Waals surface area (Å²) >= 11 is 0. The molecule has 0 bridgehead atoms. The molecule has 2 aliphatic rings. The summed E-state index contributed by atoms with van der Waals surface area (Å²) in [6.07, 6.45) is 1.60. The lowest BCUT2D eigenvalue weighted by atomic mass is 9.96. The molecule has 0 saturated carbocycles. The van der Waals surface area contributed by atoms with Gasteiger partial charge in [0.05, 0.1) is 0 Å². The van der Waals surface area contributed by atoms with Gasteiger partial charge in [0.1, 0.15) is 13.2 Å². The molecule has 0 spiro atoms. The van der Waals surface area contributed by atoms with Crippen LogP contribution in [-0.2, 0) is 0 Å². The lowest BCUT2D eigenvalue weighted by Crippen LogP contribution is -2.38. The first-order valence-corrected chi connectivity index (χ1v) is 9.86. The Morgan fingerprint density at radius 1 is 0.966 bits per heavy atom. The third-order valence-electron chi connectivity index (χ3n) is 5.39. The van der Waals surface area contributed by atoms with Gasteiger partial charge < -0.3 is 18.9 Å². The van der Waals surface area contributed by atoms with E-state index in [0.29, 0.717) is 55.1 Å². The van der Waals surface area contributed by atoms with Gasteiger partial charge in [-0.15, -0.1) is 0 Å². The monoisotopic (exact) mass is 391 g/mol. The van der Waals surface area contributed by atoms with Crippen LogP contribution in [0.5, 0.6) is 11.5 Å². The lowest BCUT2D eigenvalue weighted by molar-refractivity contribution is 0.0703. The van der Waals surface area contributed by atoms with Crippen molar-refractivity contribution in [1.29, 1.82) is 0 Å². The molecule has 7 nitrogen and oxygen atoms in total. The quantitative estimate of drug-likeness (QED) is 0.680. The van der Waals surface area contributed by atoms with Crippen LogP contribution in [0.2, 0.25) is 0 Å². The van der Waals surface area contributed by atoms with Gasteiger partial charge in [-0.25, -0.2) is 0 Å². The van der Waals surface area contributed by atoms with E-state index in [2.05, 4.69) is 10.1 Å². The highest BCUT2D eigenvalue weighted by Gasteiger charge is 2.28. The molecule has 3 aromatic rings. The minimum absolute atomic E-state index is 0.0101. The van der Waals surface area contributed by atoms with Crippen molar-refractivity contribution in [3.05, 3.63) is 60.0 Å². The number of carbonyl (C=O) groups excluding carboxylic acids is 1. The molecule has 3 heterocycles. The number of benzene rings is 2. The van der Waals surface area contributed by atoms with Gasteiger partial charge in [-0.3, -0.25) is 4.79 Å². The fraction of sp³-hybridized carbons (Fsp3) is 0.318. The van der Waals surface area contributed by atoms with Crippen LogP contribution < -0.4 is 9.47 Å². The van der Waals surface area contributed by atoms with Crippen LogP contribution in [0.15, 0.2) is 53.1 Å². The molecule has 1 saturated heterocycles. The van der Waals surface area contributed by atoms with Gasteiger partial charge in [0.15, 0.2) is 11.5 Å². The summed E-state index contributed by atoms with van der Waals surface area (Å²) in [7, 11) is 0. The molecule has 7 heteroatoms. The number of nitrogens with zero attached hydrogens (tertiary/aromatic N) is 3. The summed E-state index contributed by atoms with van der Waals surface area (Å²) in [5.41, 5.74) is 1.56. The third kappa shape index (κ3) is 3.55. The van der Waals surface area contributed by atoms with Crippen LogP contribution in [0.3, 0.4) is 0 Å². The summed E-state index contributed by atoms with van der Waals surface area (Å²) in [4.78, 5) is 19.3. The molecule has 0 unspecified atom stereocenters. The van der Waals surface area contributed by atoms with Gasteiger partial charge >= 0.3 is 0 Å². The molecule has 2 aliphatic heterocycles. The van der Waals surface area contributed by atoms with Crippen molar-refractivity contribution >= 4 is 5.91 Å². The first kappa shape index (κ1) is 17.7. The first-order chi connectivity index (χ1) is 14.3. The molecular formula is C22H21N3O4. The van der Waals surface area contributed by atoms with Gasteiger partial charge in [-0.1, -0.05) is 35.5 Å². The second-order valence-corrected chi connectivity index (χ2v) is 7.25.